The quantitative estimate of drug-likeness (QED) is 0.869. The third-order valence-corrected chi connectivity index (χ3v) is 4.26. The van der Waals surface area contributed by atoms with Crippen LogP contribution in [-0.4, -0.2) is 31.8 Å². The number of hydrogen-bond donors (Lipinski definition) is 2. The van der Waals surface area contributed by atoms with Gasteiger partial charge >= 0.3 is 0 Å². The van der Waals surface area contributed by atoms with Gasteiger partial charge in [-0.15, -0.1) is 0 Å². The summed E-state index contributed by atoms with van der Waals surface area (Å²) in [6.07, 6.45) is 3.59. The molecule has 3 unspecified atom stereocenters. The number of rotatable bonds is 4. The average molecular weight is 260 g/mol. The number of fused-ring (bicyclic) bond motifs is 1. The van der Waals surface area contributed by atoms with Crippen molar-refractivity contribution in [2.75, 3.05) is 19.8 Å². The lowest BCUT2D eigenvalue weighted by molar-refractivity contribution is 0.0707. The van der Waals surface area contributed by atoms with E-state index in [1.54, 1.807) is 0 Å². The van der Waals surface area contributed by atoms with Crippen molar-refractivity contribution in [1.82, 2.24) is 10.6 Å². The van der Waals surface area contributed by atoms with Gasteiger partial charge in [0.05, 0.1) is 13.2 Å². The Balaban J connectivity index is 1.54. The maximum atomic E-state index is 5.52. The van der Waals surface area contributed by atoms with Crippen molar-refractivity contribution in [2.45, 2.75) is 44.3 Å². The summed E-state index contributed by atoms with van der Waals surface area (Å²) in [6.45, 7) is 4.99. The zero-order chi connectivity index (χ0) is 13.1. The summed E-state index contributed by atoms with van der Waals surface area (Å²) >= 11 is 0. The summed E-state index contributed by atoms with van der Waals surface area (Å²) in [6, 6.07) is 10.4. The van der Waals surface area contributed by atoms with E-state index in [-0.39, 0.29) is 0 Å². The fourth-order valence-corrected chi connectivity index (χ4v) is 3.34. The Bertz CT molecular complexity index is 415. The Morgan fingerprint density at radius 3 is 3.16 bits per heavy atom. The van der Waals surface area contributed by atoms with Crippen LogP contribution in [0.1, 0.15) is 36.9 Å². The maximum Gasteiger partial charge on any atom is 0.0620 e. The maximum absolute atomic E-state index is 5.52. The zero-order valence-corrected chi connectivity index (χ0v) is 11.7. The lowest BCUT2D eigenvalue weighted by Crippen LogP contribution is -2.45. The summed E-state index contributed by atoms with van der Waals surface area (Å²) < 4.78 is 5.52. The molecule has 0 bridgehead atoms. The molecule has 104 valence electrons. The van der Waals surface area contributed by atoms with Crippen LogP contribution in [0.3, 0.4) is 0 Å². The first kappa shape index (κ1) is 13.1. The van der Waals surface area contributed by atoms with Gasteiger partial charge in [0.1, 0.15) is 0 Å². The van der Waals surface area contributed by atoms with Crippen molar-refractivity contribution < 1.29 is 4.74 Å². The molecular weight excluding hydrogens is 236 g/mol. The van der Waals surface area contributed by atoms with Gasteiger partial charge in [0.2, 0.25) is 0 Å². The summed E-state index contributed by atoms with van der Waals surface area (Å²) in [5, 5.41) is 7.32. The van der Waals surface area contributed by atoms with Crippen molar-refractivity contribution in [3.05, 3.63) is 35.4 Å². The standard InChI is InChI=1S/C16H24N2O/c1-12(10-14-11-19-9-8-17-14)18-16-7-6-13-4-2-3-5-15(13)16/h2-5,12,14,16-18H,6-11H2,1H3. The van der Waals surface area contributed by atoms with E-state index in [1.807, 2.05) is 0 Å². The van der Waals surface area contributed by atoms with Crippen LogP contribution in [0, 0.1) is 0 Å². The van der Waals surface area contributed by atoms with E-state index >= 15 is 0 Å². The minimum atomic E-state index is 0.507. The largest absolute Gasteiger partial charge is 0.379 e. The molecule has 1 heterocycles. The van der Waals surface area contributed by atoms with Crippen LogP contribution in [0.15, 0.2) is 24.3 Å². The predicted molar refractivity (Wildman–Crippen MR) is 77.3 cm³/mol. The van der Waals surface area contributed by atoms with Gasteiger partial charge in [-0.3, -0.25) is 0 Å². The molecule has 3 nitrogen and oxygen atoms in total. The average Bonchev–Trinajstić information content (AvgIpc) is 2.83. The van der Waals surface area contributed by atoms with Crippen molar-refractivity contribution in [2.24, 2.45) is 0 Å². The second-order valence-electron chi connectivity index (χ2n) is 5.82. The summed E-state index contributed by atoms with van der Waals surface area (Å²) in [7, 11) is 0. The van der Waals surface area contributed by atoms with E-state index in [0.29, 0.717) is 18.1 Å². The van der Waals surface area contributed by atoms with Crippen LogP contribution in [0.5, 0.6) is 0 Å². The number of hydrogen-bond acceptors (Lipinski definition) is 3. The van der Waals surface area contributed by atoms with Crippen molar-refractivity contribution in [3.8, 4) is 0 Å². The molecule has 3 atom stereocenters. The van der Waals surface area contributed by atoms with E-state index in [0.717, 1.165) is 26.2 Å². The van der Waals surface area contributed by atoms with Gasteiger partial charge < -0.3 is 15.4 Å². The molecule has 1 aromatic carbocycles. The summed E-state index contributed by atoms with van der Waals surface area (Å²) in [5.41, 5.74) is 3.02. The molecule has 0 saturated carbocycles. The SMILES string of the molecule is CC(CC1COCCN1)NC1CCc2ccccc21. The Morgan fingerprint density at radius 2 is 2.32 bits per heavy atom. The van der Waals surface area contributed by atoms with Gasteiger partial charge in [-0.2, -0.15) is 0 Å². The van der Waals surface area contributed by atoms with E-state index in [2.05, 4.69) is 41.8 Å². The van der Waals surface area contributed by atoms with Crippen LogP contribution >= 0.6 is 0 Å². The van der Waals surface area contributed by atoms with E-state index in [9.17, 15) is 0 Å². The third kappa shape index (κ3) is 3.16. The van der Waals surface area contributed by atoms with E-state index in [4.69, 9.17) is 4.74 Å². The fraction of sp³-hybridized carbons (Fsp3) is 0.625. The van der Waals surface area contributed by atoms with Gasteiger partial charge in [-0.25, -0.2) is 0 Å². The molecule has 0 spiro atoms. The first-order chi connectivity index (χ1) is 9.33. The Morgan fingerprint density at radius 1 is 1.42 bits per heavy atom. The molecule has 1 aromatic rings. The normalized spacial score (nSPS) is 28.1. The number of morpholine rings is 1. The first-order valence-electron chi connectivity index (χ1n) is 7.48. The predicted octanol–water partition coefficient (Wildman–Crippen LogP) is 2.03. The smallest absolute Gasteiger partial charge is 0.0620 e. The highest BCUT2D eigenvalue weighted by Gasteiger charge is 2.24. The topological polar surface area (TPSA) is 33.3 Å². The number of aryl methyl sites for hydroxylation is 1. The highest BCUT2D eigenvalue weighted by molar-refractivity contribution is 5.34. The molecular formula is C16H24N2O. The molecule has 1 fully saturated rings. The molecule has 0 radical (unpaired) electrons. The second-order valence-corrected chi connectivity index (χ2v) is 5.82. The molecule has 0 aromatic heterocycles. The van der Waals surface area contributed by atoms with Crippen LogP contribution in [0.4, 0.5) is 0 Å². The number of ether oxygens (including phenoxy) is 1. The van der Waals surface area contributed by atoms with Crippen LogP contribution < -0.4 is 10.6 Å². The molecule has 1 aliphatic heterocycles. The number of benzene rings is 1. The highest BCUT2D eigenvalue weighted by atomic mass is 16.5. The second kappa shape index (κ2) is 6.04. The monoisotopic (exact) mass is 260 g/mol. The lowest BCUT2D eigenvalue weighted by atomic mass is 10.0. The summed E-state index contributed by atoms with van der Waals surface area (Å²) in [4.78, 5) is 0. The fourth-order valence-electron chi connectivity index (χ4n) is 3.34. The van der Waals surface area contributed by atoms with Crippen molar-refractivity contribution >= 4 is 0 Å². The van der Waals surface area contributed by atoms with Crippen LogP contribution in [0.2, 0.25) is 0 Å². The zero-order valence-electron chi connectivity index (χ0n) is 11.7. The molecule has 0 amide bonds. The van der Waals surface area contributed by atoms with Crippen molar-refractivity contribution in [1.29, 1.82) is 0 Å². The highest BCUT2D eigenvalue weighted by Crippen LogP contribution is 2.31. The Kier molecular flexibility index (Phi) is 4.16. The van der Waals surface area contributed by atoms with Gasteiger partial charge in [-0.1, -0.05) is 24.3 Å². The Hall–Kier alpha value is -0.900. The lowest BCUT2D eigenvalue weighted by Gasteiger charge is -2.28. The van der Waals surface area contributed by atoms with Crippen molar-refractivity contribution in [3.63, 3.8) is 0 Å². The van der Waals surface area contributed by atoms with E-state index in [1.165, 1.54) is 24.0 Å². The van der Waals surface area contributed by atoms with E-state index < -0.39 is 0 Å². The molecule has 1 aliphatic carbocycles. The Labute approximate surface area is 115 Å². The molecule has 3 rings (SSSR count). The number of nitrogens with one attached hydrogen (secondary N) is 2. The van der Waals surface area contributed by atoms with Gasteiger partial charge in [0.25, 0.3) is 0 Å². The van der Waals surface area contributed by atoms with Gasteiger partial charge in [0.15, 0.2) is 0 Å². The van der Waals surface area contributed by atoms with Gasteiger partial charge in [-0.05, 0) is 37.3 Å². The molecule has 19 heavy (non-hydrogen) atoms. The molecule has 2 aliphatic rings. The molecule has 2 N–H and O–H groups in total. The van der Waals surface area contributed by atoms with Crippen LogP contribution in [-0.2, 0) is 11.2 Å². The minimum absolute atomic E-state index is 0.507. The molecule has 1 saturated heterocycles. The first-order valence-corrected chi connectivity index (χ1v) is 7.48. The van der Waals surface area contributed by atoms with Gasteiger partial charge in [0, 0.05) is 24.7 Å². The third-order valence-electron chi connectivity index (χ3n) is 4.26. The van der Waals surface area contributed by atoms with Crippen LogP contribution in [0.25, 0.3) is 0 Å². The summed E-state index contributed by atoms with van der Waals surface area (Å²) in [5.74, 6) is 0. The molecule has 3 heteroatoms. The minimum Gasteiger partial charge on any atom is -0.379 e.